The second-order valence-corrected chi connectivity index (χ2v) is 3.65. The van der Waals surface area contributed by atoms with Crippen molar-refractivity contribution in [2.75, 3.05) is 12.8 Å². The Kier molecular flexibility index (Phi) is 3.44. The molecule has 0 aromatic carbocycles. The molecule has 0 aliphatic heterocycles. The van der Waals surface area contributed by atoms with Gasteiger partial charge in [-0.2, -0.15) is 0 Å². The molecule has 0 bridgehead atoms. The molecule has 0 aliphatic carbocycles. The van der Waals surface area contributed by atoms with Gasteiger partial charge in [-0.3, -0.25) is 0 Å². The van der Waals surface area contributed by atoms with Gasteiger partial charge in [0.2, 0.25) is 0 Å². The van der Waals surface area contributed by atoms with Gasteiger partial charge in [0, 0.05) is 0 Å². The molecule has 0 radical (unpaired) electrons. The molecule has 0 saturated heterocycles. The predicted molar refractivity (Wildman–Crippen MR) is 31.5 cm³/mol. The fourth-order valence-electron chi connectivity index (χ4n) is 0.316. The monoisotopic (exact) mass is 142 g/mol. The number of hydrogen-bond acceptors (Lipinski definition) is 4. The van der Waals surface area contributed by atoms with E-state index in [-0.39, 0.29) is 19.2 Å². The summed E-state index contributed by atoms with van der Waals surface area (Å²) in [6.07, 6.45) is 0.166. The second kappa shape index (κ2) is 3.33. The molecule has 0 aliphatic rings. The molecule has 4 N–H and O–H groups in total. The van der Waals surface area contributed by atoms with Gasteiger partial charge in [0.1, 0.15) is 0 Å². The fourth-order valence-corrected chi connectivity index (χ4v) is 0.949. The van der Waals surface area contributed by atoms with Crippen LogP contribution in [0.4, 0.5) is 0 Å². The Morgan fingerprint density at radius 2 is 1.62 bits per heavy atom. The summed E-state index contributed by atoms with van der Waals surface area (Å²) in [5.41, 5.74) is 0. The molecule has 4 nitrogen and oxygen atoms in total. The first-order chi connectivity index (χ1) is 3.56. The summed E-state index contributed by atoms with van der Waals surface area (Å²) in [5.74, 6) is 0. The summed E-state index contributed by atoms with van der Waals surface area (Å²) in [4.78, 5) is 24.9. The van der Waals surface area contributed by atoms with Crippen molar-refractivity contribution in [1.82, 2.24) is 0 Å². The van der Waals surface area contributed by atoms with E-state index in [1.54, 1.807) is 0 Å². The Balaban J connectivity index is 3.11. The third-order valence-electron chi connectivity index (χ3n) is 0.670. The molecular formula is C3H11O4P. The average molecular weight is 142 g/mol. The molecular weight excluding hydrogens is 131 g/mol. The van der Waals surface area contributed by atoms with Crippen LogP contribution < -0.4 is 0 Å². The first-order valence-corrected chi connectivity index (χ1v) is 4.39. The molecule has 0 amide bonds. The molecule has 0 aromatic rings. The van der Waals surface area contributed by atoms with Gasteiger partial charge < -0.3 is 0 Å². The van der Waals surface area contributed by atoms with Crippen molar-refractivity contribution >= 4 is 7.94 Å². The van der Waals surface area contributed by atoms with Crippen LogP contribution in [0.15, 0.2) is 0 Å². The number of aliphatic hydroxyl groups excluding tert-OH is 1. The predicted octanol–water partition coefficient (Wildman–Crippen LogP) is -1.16. The molecule has 0 unspecified atom stereocenters. The Bertz CT molecular complexity index is 58.8. The Labute approximate surface area is 48.0 Å². The van der Waals surface area contributed by atoms with E-state index >= 15 is 0 Å². The third kappa shape index (κ3) is 6.27. The van der Waals surface area contributed by atoms with E-state index in [0.29, 0.717) is 0 Å². The summed E-state index contributed by atoms with van der Waals surface area (Å²) in [6, 6.07) is 0. The minimum atomic E-state index is -3.84. The van der Waals surface area contributed by atoms with E-state index in [0.717, 1.165) is 0 Å². The average Bonchev–Trinajstić information content (AvgIpc) is 1.59. The zero-order valence-corrected chi connectivity index (χ0v) is 5.41. The second-order valence-electron chi connectivity index (χ2n) is 1.60. The number of rotatable bonds is 3. The molecule has 0 atom stereocenters. The maximum atomic E-state index is 8.29. The van der Waals surface area contributed by atoms with Crippen molar-refractivity contribution in [3.8, 4) is 0 Å². The molecule has 52 valence electrons. The zero-order valence-electron chi connectivity index (χ0n) is 4.41. The number of hydrogen-bond donors (Lipinski definition) is 4. The first kappa shape index (κ1) is 8.27. The van der Waals surface area contributed by atoms with Crippen LogP contribution in [0.2, 0.25) is 0 Å². The molecule has 0 saturated carbocycles. The van der Waals surface area contributed by atoms with Crippen LogP contribution in [0, 0.1) is 0 Å². The SMILES string of the molecule is OCCC[PH](O)(O)O. The first-order valence-electron chi connectivity index (χ1n) is 2.34. The van der Waals surface area contributed by atoms with E-state index < -0.39 is 7.94 Å². The van der Waals surface area contributed by atoms with Gasteiger partial charge in [-0.25, -0.2) is 0 Å². The summed E-state index contributed by atoms with van der Waals surface area (Å²) in [5, 5.41) is 8.12. The van der Waals surface area contributed by atoms with Crippen LogP contribution in [-0.4, -0.2) is 32.6 Å². The quantitative estimate of drug-likeness (QED) is 0.375. The summed E-state index contributed by atoms with van der Waals surface area (Å²) < 4.78 is 0. The van der Waals surface area contributed by atoms with E-state index in [4.69, 9.17) is 19.8 Å². The molecule has 5 heteroatoms. The van der Waals surface area contributed by atoms with Gasteiger partial charge >= 0.3 is 46.9 Å². The van der Waals surface area contributed by atoms with Crippen LogP contribution in [0.5, 0.6) is 0 Å². The molecule has 0 rings (SSSR count). The van der Waals surface area contributed by atoms with Crippen LogP contribution in [-0.2, 0) is 0 Å². The topological polar surface area (TPSA) is 80.9 Å². The Hall–Kier alpha value is 0.270. The molecule has 0 heterocycles. The van der Waals surface area contributed by atoms with E-state index in [2.05, 4.69) is 0 Å². The standard InChI is InChI=1S/C3H11O4P/c4-2-1-3-8(5,6)7/h4-8H,1-3H2. The van der Waals surface area contributed by atoms with Crippen molar-refractivity contribution in [3.63, 3.8) is 0 Å². The van der Waals surface area contributed by atoms with Crippen molar-refractivity contribution in [2.45, 2.75) is 6.42 Å². The van der Waals surface area contributed by atoms with Crippen LogP contribution in [0.1, 0.15) is 6.42 Å². The normalized spacial score (nSPS) is 14.0. The van der Waals surface area contributed by atoms with Crippen LogP contribution >= 0.6 is 7.94 Å². The molecule has 0 spiro atoms. The maximum absolute atomic E-state index is 8.29. The van der Waals surface area contributed by atoms with Crippen LogP contribution in [0.25, 0.3) is 0 Å². The van der Waals surface area contributed by atoms with E-state index in [1.807, 2.05) is 0 Å². The fraction of sp³-hybridized carbons (Fsp3) is 1.00. The molecule has 0 aromatic heterocycles. The van der Waals surface area contributed by atoms with Crippen molar-refractivity contribution in [1.29, 1.82) is 0 Å². The van der Waals surface area contributed by atoms with Gasteiger partial charge in [-0.1, -0.05) is 0 Å². The molecule has 8 heavy (non-hydrogen) atoms. The van der Waals surface area contributed by atoms with Crippen molar-refractivity contribution in [2.24, 2.45) is 0 Å². The molecule has 0 fully saturated rings. The minimum absolute atomic E-state index is 0.0799. The Morgan fingerprint density at radius 3 is 1.75 bits per heavy atom. The van der Waals surface area contributed by atoms with Gasteiger partial charge in [-0.05, 0) is 0 Å². The van der Waals surface area contributed by atoms with Gasteiger partial charge in [-0.15, -0.1) is 0 Å². The van der Waals surface area contributed by atoms with E-state index in [1.165, 1.54) is 0 Å². The Morgan fingerprint density at radius 1 is 1.12 bits per heavy atom. The van der Waals surface area contributed by atoms with E-state index in [9.17, 15) is 0 Å². The summed E-state index contributed by atoms with van der Waals surface area (Å²) in [7, 11) is -3.84. The van der Waals surface area contributed by atoms with Gasteiger partial charge in [0.05, 0.1) is 0 Å². The van der Waals surface area contributed by atoms with Crippen molar-refractivity contribution < 1.29 is 19.8 Å². The van der Waals surface area contributed by atoms with Gasteiger partial charge in [0.15, 0.2) is 0 Å². The summed E-state index contributed by atoms with van der Waals surface area (Å²) >= 11 is 0. The zero-order chi connectivity index (χ0) is 6.62. The summed E-state index contributed by atoms with van der Waals surface area (Å²) in [6.45, 7) is -0.115. The number of aliphatic hydroxyl groups is 1. The third-order valence-corrected chi connectivity index (χ3v) is 1.69. The van der Waals surface area contributed by atoms with Crippen LogP contribution in [0.3, 0.4) is 0 Å². The van der Waals surface area contributed by atoms with Crippen molar-refractivity contribution in [3.05, 3.63) is 0 Å². The van der Waals surface area contributed by atoms with Gasteiger partial charge in [0.25, 0.3) is 0 Å².